The van der Waals surface area contributed by atoms with Gasteiger partial charge in [-0.05, 0) is 6.07 Å². The van der Waals surface area contributed by atoms with Crippen molar-refractivity contribution in [1.82, 2.24) is 19.0 Å². The average Bonchev–Trinajstić information content (AvgIpc) is 2.39. The van der Waals surface area contributed by atoms with E-state index in [-0.39, 0.29) is 0 Å². The highest BCUT2D eigenvalue weighted by Crippen LogP contribution is 2.19. The van der Waals surface area contributed by atoms with E-state index in [1.165, 1.54) is 17.8 Å². The largest absolute Gasteiger partial charge is 0.369 e. The van der Waals surface area contributed by atoms with E-state index in [0.717, 1.165) is 4.57 Å². The number of pyridine rings is 1. The molecular formula is C12H15N5O2. The summed E-state index contributed by atoms with van der Waals surface area (Å²) >= 11 is 0. The van der Waals surface area contributed by atoms with Crippen molar-refractivity contribution in [3.63, 3.8) is 0 Å². The second-order valence-corrected chi connectivity index (χ2v) is 4.44. The summed E-state index contributed by atoms with van der Waals surface area (Å²) in [5.74, 6) is 0. The molecule has 2 heterocycles. The lowest BCUT2D eigenvalue weighted by Gasteiger charge is -2.08. The molecule has 19 heavy (non-hydrogen) atoms. The summed E-state index contributed by atoms with van der Waals surface area (Å²) in [5, 5.41) is 0.338. The van der Waals surface area contributed by atoms with Gasteiger partial charge in [-0.2, -0.15) is 0 Å². The molecule has 2 aromatic heterocycles. The topological polar surface area (TPSA) is 72.5 Å². The maximum absolute atomic E-state index is 12.2. The third-order valence-electron chi connectivity index (χ3n) is 2.75. The van der Waals surface area contributed by atoms with Crippen molar-refractivity contribution in [2.75, 3.05) is 14.1 Å². The highest BCUT2D eigenvalue weighted by atomic mass is 16.2. The Labute approximate surface area is 109 Å². The first-order valence-corrected chi connectivity index (χ1v) is 5.69. The zero-order valence-electron chi connectivity index (χ0n) is 11.3. The van der Waals surface area contributed by atoms with Crippen LogP contribution in [0.5, 0.6) is 0 Å². The van der Waals surface area contributed by atoms with Gasteiger partial charge in [0.05, 0.1) is 12.0 Å². The summed E-state index contributed by atoms with van der Waals surface area (Å²) in [6.07, 6.45) is 3.13. The Morgan fingerprint density at radius 3 is 2.58 bits per heavy atom. The molecule has 0 aliphatic heterocycles. The van der Waals surface area contributed by atoms with Crippen molar-refractivity contribution in [1.29, 1.82) is 0 Å². The van der Waals surface area contributed by atoms with Crippen molar-refractivity contribution in [2.24, 2.45) is 19.1 Å². The van der Waals surface area contributed by atoms with Gasteiger partial charge in [-0.15, -0.1) is 0 Å². The van der Waals surface area contributed by atoms with Crippen LogP contribution in [0, 0.1) is 0 Å². The van der Waals surface area contributed by atoms with Crippen LogP contribution in [0.25, 0.3) is 11.0 Å². The Morgan fingerprint density at radius 1 is 1.26 bits per heavy atom. The lowest BCUT2D eigenvalue weighted by atomic mass is 10.3. The minimum atomic E-state index is -0.404. The summed E-state index contributed by atoms with van der Waals surface area (Å²) < 4.78 is 2.39. The second kappa shape index (κ2) is 4.68. The first-order chi connectivity index (χ1) is 8.93. The van der Waals surface area contributed by atoms with Crippen LogP contribution in [0.1, 0.15) is 0 Å². The number of aliphatic imine (C=N–C) groups is 1. The minimum absolute atomic E-state index is 0.335. The highest BCUT2D eigenvalue weighted by molar-refractivity contribution is 5.87. The molecule has 2 aromatic rings. The van der Waals surface area contributed by atoms with E-state index in [1.54, 1.807) is 24.4 Å². The minimum Gasteiger partial charge on any atom is -0.369 e. The van der Waals surface area contributed by atoms with Crippen LogP contribution >= 0.6 is 0 Å². The number of hydrogen-bond donors (Lipinski definition) is 0. The molecule has 0 bridgehead atoms. The van der Waals surface area contributed by atoms with Crippen LogP contribution in [-0.4, -0.2) is 39.5 Å². The Balaban J connectivity index is 2.90. The van der Waals surface area contributed by atoms with Gasteiger partial charge in [0.1, 0.15) is 5.39 Å². The Kier molecular flexibility index (Phi) is 3.20. The highest BCUT2D eigenvalue weighted by Gasteiger charge is 2.12. The predicted molar refractivity (Wildman–Crippen MR) is 74.1 cm³/mol. The molecule has 0 spiro atoms. The third-order valence-corrected chi connectivity index (χ3v) is 2.75. The Hall–Kier alpha value is -2.44. The molecule has 100 valence electrons. The lowest BCUT2D eigenvalue weighted by molar-refractivity contribution is 0.643. The third kappa shape index (κ3) is 2.14. The van der Waals surface area contributed by atoms with Crippen LogP contribution in [0.15, 0.2) is 26.8 Å². The second-order valence-electron chi connectivity index (χ2n) is 4.44. The molecule has 0 aliphatic rings. The van der Waals surface area contributed by atoms with Crippen molar-refractivity contribution >= 4 is 23.1 Å². The van der Waals surface area contributed by atoms with Crippen LogP contribution in [0.4, 0.5) is 5.69 Å². The van der Waals surface area contributed by atoms with E-state index in [2.05, 4.69) is 9.98 Å². The van der Waals surface area contributed by atoms with Gasteiger partial charge in [0.15, 0.2) is 5.65 Å². The van der Waals surface area contributed by atoms with Crippen molar-refractivity contribution in [3.8, 4) is 0 Å². The molecule has 0 N–H and O–H groups in total. The maximum atomic E-state index is 12.2. The molecule has 0 aliphatic carbocycles. The quantitative estimate of drug-likeness (QED) is 0.557. The summed E-state index contributed by atoms with van der Waals surface area (Å²) in [6, 6.07) is 1.65. The molecule has 0 aromatic carbocycles. The molecule has 0 saturated carbocycles. The van der Waals surface area contributed by atoms with E-state index in [9.17, 15) is 9.59 Å². The van der Waals surface area contributed by atoms with Crippen molar-refractivity contribution < 1.29 is 0 Å². The molecule has 0 amide bonds. The average molecular weight is 261 g/mol. The van der Waals surface area contributed by atoms with E-state index in [0.29, 0.717) is 16.7 Å². The van der Waals surface area contributed by atoms with Gasteiger partial charge in [-0.25, -0.2) is 14.8 Å². The molecule has 2 rings (SSSR count). The van der Waals surface area contributed by atoms with Gasteiger partial charge in [0.25, 0.3) is 5.56 Å². The Bertz CT molecular complexity index is 770. The summed E-state index contributed by atoms with van der Waals surface area (Å²) in [4.78, 5) is 34.1. The number of aryl methyl sites for hydroxylation is 1. The van der Waals surface area contributed by atoms with Crippen molar-refractivity contribution in [3.05, 3.63) is 33.1 Å². The van der Waals surface area contributed by atoms with Crippen molar-refractivity contribution in [2.45, 2.75) is 0 Å². The van der Waals surface area contributed by atoms with Gasteiger partial charge in [-0.1, -0.05) is 0 Å². The monoisotopic (exact) mass is 261 g/mol. The van der Waals surface area contributed by atoms with E-state index >= 15 is 0 Å². The molecule has 0 radical (unpaired) electrons. The number of rotatable bonds is 2. The van der Waals surface area contributed by atoms with Gasteiger partial charge in [0.2, 0.25) is 0 Å². The molecule has 0 saturated heterocycles. The van der Waals surface area contributed by atoms with Gasteiger partial charge in [0, 0.05) is 34.4 Å². The standard InChI is InChI=1S/C12H15N5O2/c1-15(2)7-14-8-5-6-13-10-9(8)11(18)17(4)12(19)16(10)3/h5-7H,1-4H3. The number of fused-ring (bicyclic) bond motifs is 1. The maximum Gasteiger partial charge on any atom is 0.332 e. The zero-order valence-corrected chi connectivity index (χ0v) is 11.3. The molecular weight excluding hydrogens is 246 g/mol. The van der Waals surface area contributed by atoms with Crippen LogP contribution in [0.3, 0.4) is 0 Å². The smallest absolute Gasteiger partial charge is 0.332 e. The molecule has 0 unspecified atom stereocenters. The zero-order chi connectivity index (χ0) is 14.2. The van der Waals surface area contributed by atoms with Gasteiger partial charge < -0.3 is 4.90 Å². The molecule has 7 nitrogen and oxygen atoms in total. The summed E-state index contributed by atoms with van der Waals surface area (Å²) in [7, 11) is 6.69. The van der Waals surface area contributed by atoms with Crippen LogP contribution < -0.4 is 11.2 Å². The van der Waals surface area contributed by atoms with E-state index in [1.807, 2.05) is 14.1 Å². The first-order valence-electron chi connectivity index (χ1n) is 5.69. The molecule has 7 heteroatoms. The predicted octanol–water partition coefficient (Wildman–Crippen LogP) is -0.146. The number of nitrogens with zero attached hydrogens (tertiary/aromatic N) is 5. The fraction of sp³-hybridized carbons (Fsp3) is 0.333. The fourth-order valence-corrected chi connectivity index (χ4v) is 1.76. The van der Waals surface area contributed by atoms with E-state index < -0.39 is 11.2 Å². The SMILES string of the molecule is CN(C)C=Nc1ccnc2c1c(=O)n(C)c(=O)n2C. The van der Waals surface area contributed by atoms with Gasteiger partial charge >= 0.3 is 5.69 Å². The summed E-state index contributed by atoms with van der Waals surface area (Å²) in [5.41, 5.74) is 0.0345. The normalized spacial score (nSPS) is 11.4. The van der Waals surface area contributed by atoms with Crippen LogP contribution in [-0.2, 0) is 14.1 Å². The Morgan fingerprint density at radius 2 is 1.95 bits per heavy atom. The molecule has 0 atom stereocenters. The summed E-state index contributed by atoms with van der Waals surface area (Å²) in [6.45, 7) is 0. The number of hydrogen-bond acceptors (Lipinski definition) is 4. The lowest BCUT2D eigenvalue weighted by Crippen LogP contribution is -2.37. The fourth-order valence-electron chi connectivity index (χ4n) is 1.76. The molecule has 0 fully saturated rings. The van der Waals surface area contributed by atoms with Crippen LogP contribution in [0.2, 0.25) is 0 Å². The first kappa shape index (κ1) is 13.0. The van der Waals surface area contributed by atoms with E-state index in [4.69, 9.17) is 0 Å². The number of aromatic nitrogens is 3. The van der Waals surface area contributed by atoms with Gasteiger partial charge in [-0.3, -0.25) is 13.9 Å².